The van der Waals surface area contributed by atoms with Crippen molar-refractivity contribution in [3.63, 3.8) is 0 Å². The summed E-state index contributed by atoms with van der Waals surface area (Å²) in [7, 11) is 0. The Morgan fingerprint density at radius 1 is 1.36 bits per heavy atom. The molecule has 0 aromatic carbocycles. The van der Waals surface area contributed by atoms with Gasteiger partial charge in [0.2, 0.25) is 5.91 Å². The van der Waals surface area contributed by atoms with Crippen molar-refractivity contribution in [1.29, 1.82) is 0 Å². The largest absolute Gasteiger partial charge is 0.480 e. The maximum absolute atomic E-state index is 12.1. The summed E-state index contributed by atoms with van der Waals surface area (Å²) >= 11 is 1.38. The fourth-order valence-electron chi connectivity index (χ4n) is 1.98. The third kappa shape index (κ3) is 5.36. The molecule has 22 heavy (non-hydrogen) atoms. The van der Waals surface area contributed by atoms with Gasteiger partial charge in [0, 0.05) is 4.88 Å². The second-order valence-corrected chi connectivity index (χ2v) is 6.03. The first-order chi connectivity index (χ1) is 10.3. The van der Waals surface area contributed by atoms with Gasteiger partial charge >= 0.3 is 12.0 Å². The molecule has 122 valence electrons. The number of rotatable bonds is 8. The van der Waals surface area contributed by atoms with Crippen LogP contribution in [-0.2, 0) is 9.59 Å². The highest BCUT2D eigenvalue weighted by molar-refractivity contribution is 7.10. The van der Waals surface area contributed by atoms with Crippen LogP contribution in [0.15, 0.2) is 17.5 Å². The molecule has 1 unspecified atom stereocenters. The summed E-state index contributed by atoms with van der Waals surface area (Å²) in [4.78, 5) is 35.2. The van der Waals surface area contributed by atoms with Gasteiger partial charge < -0.3 is 21.5 Å². The van der Waals surface area contributed by atoms with Gasteiger partial charge in [-0.1, -0.05) is 26.3 Å². The van der Waals surface area contributed by atoms with Gasteiger partial charge in [0.15, 0.2) is 0 Å². The van der Waals surface area contributed by atoms with E-state index >= 15 is 0 Å². The molecule has 5 N–H and O–H groups in total. The van der Waals surface area contributed by atoms with Crippen molar-refractivity contribution in [2.24, 2.45) is 11.7 Å². The van der Waals surface area contributed by atoms with E-state index in [-0.39, 0.29) is 12.3 Å². The predicted molar refractivity (Wildman–Crippen MR) is 83.4 cm³/mol. The number of primary amides is 1. The van der Waals surface area contributed by atoms with Gasteiger partial charge in [0.25, 0.3) is 0 Å². The molecule has 0 fully saturated rings. The number of carbonyl (C=O) groups is 3. The molecule has 7 nitrogen and oxygen atoms in total. The highest BCUT2D eigenvalue weighted by atomic mass is 32.1. The van der Waals surface area contributed by atoms with Gasteiger partial charge in [-0.15, -0.1) is 11.3 Å². The molecule has 0 saturated carbocycles. The number of hydrogen-bond acceptors (Lipinski definition) is 4. The number of aliphatic carboxylic acids is 1. The zero-order valence-corrected chi connectivity index (χ0v) is 13.4. The Morgan fingerprint density at radius 2 is 2.05 bits per heavy atom. The summed E-state index contributed by atoms with van der Waals surface area (Å²) in [5, 5.41) is 16.0. The summed E-state index contributed by atoms with van der Waals surface area (Å²) in [5.74, 6) is -1.70. The van der Waals surface area contributed by atoms with Crippen molar-refractivity contribution < 1.29 is 19.5 Å². The molecule has 0 radical (unpaired) electrons. The number of nitrogens with one attached hydrogen (secondary N) is 2. The standard InChI is InChI=1S/C14H21N3O4S/c1-3-8(2)12(13(19)20)17-11(18)7-9(16-14(15)21)10-5-4-6-22-10/h4-6,8-9,12H,3,7H2,1-2H3,(H,17,18)(H,19,20)(H3,15,16,21)/t8-,9?,12-/m0/s1. The van der Waals surface area contributed by atoms with Gasteiger partial charge in [-0.3, -0.25) is 4.79 Å². The maximum atomic E-state index is 12.1. The topological polar surface area (TPSA) is 122 Å². The fourth-order valence-corrected chi connectivity index (χ4v) is 2.76. The molecule has 1 aromatic heterocycles. The molecule has 0 saturated heterocycles. The number of carbonyl (C=O) groups excluding carboxylic acids is 2. The van der Waals surface area contributed by atoms with Gasteiger partial charge in [0.05, 0.1) is 12.5 Å². The van der Waals surface area contributed by atoms with Crippen LogP contribution in [0.25, 0.3) is 0 Å². The summed E-state index contributed by atoms with van der Waals surface area (Å²) < 4.78 is 0. The Balaban J connectivity index is 2.74. The zero-order valence-electron chi connectivity index (χ0n) is 12.5. The molecule has 0 spiro atoms. The molecule has 8 heteroatoms. The lowest BCUT2D eigenvalue weighted by atomic mass is 9.99. The van der Waals surface area contributed by atoms with Crippen LogP contribution in [0.5, 0.6) is 0 Å². The Morgan fingerprint density at radius 3 is 2.50 bits per heavy atom. The van der Waals surface area contributed by atoms with Crippen molar-refractivity contribution >= 4 is 29.2 Å². The van der Waals surface area contributed by atoms with E-state index in [1.54, 1.807) is 19.1 Å². The Bertz CT molecular complexity index is 518. The number of amides is 3. The molecular formula is C14H21N3O4S. The van der Waals surface area contributed by atoms with Crippen LogP contribution < -0.4 is 16.4 Å². The fraction of sp³-hybridized carbons (Fsp3) is 0.500. The van der Waals surface area contributed by atoms with Gasteiger partial charge in [-0.25, -0.2) is 9.59 Å². The summed E-state index contributed by atoms with van der Waals surface area (Å²) in [6.45, 7) is 3.62. The minimum Gasteiger partial charge on any atom is -0.480 e. The lowest BCUT2D eigenvalue weighted by Crippen LogP contribution is -2.46. The Hall–Kier alpha value is -2.09. The first-order valence-corrected chi connectivity index (χ1v) is 7.84. The van der Waals surface area contributed by atoms with Crippen LogP contribution in [0.4, 0.5) is 4.79 Å². The van der Waals surface area contributed by atoms with Crippen LogP contribution in [0.3, 0.4) is 0 Å². The molecule has 0 bridgehead atoms. The van der Waals surface area contributed by atoms with Crippen molar-refractivity contribution in [3.05, 3.63) is 22.4 Å². The van der Waals surface area contributed by atoms with Crippen molar-refractivity contribution in [1.82, 2.24) is 10.6 Å². The van der Waals surface area contributed by atoms with Gasteiger partial charge in [-0.05, 0) is 17.4 Å². The number of thiophene rings is 1. The highest BCUT2D eigenvalue weighted by Crippen LogP contribution is 2.22. The van der Waals surface area contributed by atoms with E-state index in [0.29, 0.717) is 6.42 Å². The molecule has 1 aromatic rings. The second-order valence-electron chi connectivity index (χ2n) is 5.05. The third-order valence-electron chi connectivity index (χ3n) is 3.39. The average Bonchev–Trinajstić information content (AvgIpc) is 2.96. The number of urea groups is 1. The van der Waals surface area contributed by atoms with Crippen LogP contribution in [0, 0.1) is 5.92 Å². The summed E-state index contributed by atoms with van der Waals surface area (Å²) in [6.07, 6.45) is 0.564. The smallest absolute Gasteiger partial charge is 0.326 e. The minimum atomic E-state index is -1.07. The van der Waals surface area contributed by atoms with E-state index < -0.39 is 30.0 Å². The van der Waals surface area contributed by atoms with Crippen molar-refractivity contribution in [3.8, 4) is 0 Å². The Kier molecular flexibility index (Phi) is 6.84. The van der Waals surface area contributed by atoms with Gasteiger partial charge in [-0.2, -0.15) is 0 Å². The first kappa shape index (κ1) is 18.0. The highest BCUT2D eigenvalue weighted by Gasteiger charge is 2.27. The van der Waals surface area contributed by atoms with E-state index in [1.165, 1.54) is 11.3 Å². The van der Waals surface area contributed by atoms with Crippen LogP contribution >= 0.6 is 11.3 Å². The molecule has 1 heterocycles. The normalized spacial score (nSPS) is 14.6. The number of carboxylic acid groups (broad SMARTS) is 1. The maximum Gasteiger partial charge on any atom is 0.326 e. The monoisotopic (exact) mass is 327 g/mol. The van der Waals surface area contributed by atoms with Crippen molar-refractivity contribution in [2.45, 2.75) is 38.8 Å². The van der Waals surface area contributed by atoms with Crippen LogP contribution in [0.2, 0.25) is 0 Å². The van der Waals surface area contributed by atoms with E-state index in [4.69, 9.17) is 5.73 Å². The lowest BCUT2D eigenvalue weighted by molar-refractivity contribution is -0.143. The zero-order chi connectivity index (χ0) is 16.7. The molecular weight excluding hydrogens is 306 g/mol. The van der Waals surface area contributed by atoms with Crippen LogP contribution in [0.1, 0.15) is 37.6 Å². The van der Waals surface area contributed by atoms with E-state index in [0.717, 1.165) is 4.88 Å². The Labute approximate surface area is 132 Å². The molecule has 0 aliphatic rings. The summed E-state index contributed by atoms with van der Waals surface area (Å²) in [6, 6.07) is 1.33. The summed E-state index contributed by atoms with van der Waals surface area (Å²) in [5.41, 5.74) is 5.12. The number of nitrogens with two attached hydrogens (primary N) is 1. The minimum absolute atomic E-state index is 0.0658. The lowest BCUT2D eigenvalue weighted by Gasteiger charge is -2.22. The quantitative estimate of drug-likeness (QED) is 0.577. The number of hydrogen-bond donors (Lipinski definition) is 4. The van der Waals surface area contributed by atoms with E-state index in [9.17, 15) is 19.5 Å². The molecule has 0 aliphatic heterocycles. The van der Waals surface area contributed by atoms with Crippen molar-refractivity contribution in [2.75, 3.05) is 0 Å². The first-order valence-electron chi connectivity index (χ1n) is 6.96. The SMILES string of the molecule is CC[C@H](C)[C@H](NC(=O)CC(NC(N)=O)c1cccs1)C(=O)O. The second kappa shape index (κ2) is 8.38. The van der Waals surface area contributed by atoms with E-state index in [1.807, 2.05) is 12.3 Å². The van der Waals surface area contributed by atoms with Gasteiger partial charge in [0.1, 0.15) is 6.04 Å². The average molecular weight is 327 g/mol. The molecule has 0 aliphatic carbocycles. The predicted octanol–water partition coefficient (Wildman–Crippen LogP) is 1.46. The van der Waals surface area contributed by atoms with Crippen LogP contribution in [-0.4, -0.2) is 29.1 Å². The molecule has 1 rings (SSSR count). The number of carboxylic acids is 1. The molecule has 3 amide bonds. The molecule has 3 atom stereocenters. The van der Waals surface area contributed by atoms with E-state index in [2.05, 4.69) is 10.6 Å². The third-order valence-corrected chi connectivity index (χ3v) is 4.37.